The summed E-state index contributed by atoms with van der Waals surface area (Å²) in [5.41, 5.74) is 6.59. The summed E-state index contributed by atoms with van der Waals surface area (Å²) in [5, 5.41) is 8.63. The molecule has 0 atom stereocenters. The fourth-order valence-corrected chi connectivity index (χ4v) is 2.32. The lowest BCUT2D eigenvalue weighted by Crippen LogP contribution is -2.22. The van der Waals surface area contributed by atoms with Crippen LogP contribution in [0, 0.1) is 0 Å². The third kappa shape index (κ3) is 3.24. The zero-order chi connectivity index (χ0) is 12.3. The molecule has 0 aliphatic heterocycles. The molecule has 0 spiro atoms. The summed E-state index contributed by atoms with van der Waals surface area (Å²) in [4.78, 5) is 7.50. The topological polar surface area (TPSA) is 72.9 Å². The molecule has 0 amide bonds. The van der Waals surface area contributed by atoms with Crippen molar-refractivity contribution in [2.75, 3.05) is 12.3 Å². The molecule has 0 aliphatic carbocycles. The molecule has 92 valence electrons. The highest BCUT2D eigenvalue weighted by Crippen LogP contribution is 2.17. The lowest BCUT2D eigenvalue weighted by Gasteiger charge is -2.17. The van der Waals surface area contributed by atoms with Crippen molar-refractivity contribution < 1.29 is 0 Å². The normalized spacial score (nSPS) is 11.2. The van der Waals surface area contributed by atoms with Crippen molar-refractivity contribution >= 4 is 16.5 Å². The van der Waals surface area contributed by atoms with E-state index in [9.17, 15) is 0 Å². The van der Waals surface area contributed by atoms with E-state index in [1.807, 2.05) is 19.4 Å². The molecule has 6 nitrogen and oxygen atoms in total. The van der Waals surface area contributed by atoms with Gasteiger partial charge in [0.15, 0.2) is 5.13 Å². The van der Waals surface area contributed by atoms with Gasteiger partial charge in [0.25, 0.3) is 0 Å². The summed E-state index contributed by atoms with van der Waals surface area (Å²) in [6.45, 7) is 4.72. The monoisotopic (exact) mass is 252 g/mol. The van der Waals surface area contributed by atoms with E-state index in [0.29, 0.717) is 5.13 Å². The minimum Gasteiger partial charge on any atom is -0.375 e. The largest absolute Gasteiger partial charge is 0.375 e. The predicted octanol–water partition coefficient (Wildman–Crippen LogP) is 0.876. The van der Waals surface area contributed by atoms with Gasteiger partial charge in [0.2, 0.25) is 0 Å². The number of rotatable bonds is 5. The number of anilines is 1. The minimum atomic E-state index is 0.621. The van der Waals surface area contributed by atoms with Gasteiger partial charge in [-0.2, -0.15) is 0 Å². The molecule has 0 unspecified atom stereocenters. The van der Waals surface area contributed by atoms with Crippen molar-refractivity contribution in [2.24, 2.45) is 7.05 Å². The van der Waals surface area contributed by atoms with Gasteiger partial charge in [-0.3, -0.25) is 9.58 Å². The number of thiazole rings is 1. The summed E-state index contributed by atoms with van der Waals surface area (Å²) in [7, 11) is 1.87. The van der Waals surface area contributed by atoms with Crippen molar-refractivity contribution in [2.45, 2.75) is 20.0 Å². The number of aryl methyl sites for hydroxylation is 1. The van der Waals surface area contributed by atoms with Crippen LogP contribution in [0.15, 0.2) is 12.4 Å². The average Bonchev–Trinajstić information content (AvgIpc) is 2.87. The van der Waals surface area contributed by atoms with Crippen molar-refractivity contribution in [3.63, 3.8) is 0 Å². The number of nitrogens with zero attached hydrogens (tertiary/aromatic N) is 5. The van der Waals surface area contributed by atoms with Crippen LogP contribution >= 0.6 is 11.3 Å². The Bertz CT molecular complexity index is 434. The first kappa shape index (κ1) is 12.0. The summed E-state index contributed by atoms with van der Waals surface area (Å²) >= 11 is 1.53. The number of nitrogens with two attached hydrogens (primary N) is 1. The van der Waals surface area contributed by atoms with Crippen molar-refractivity contribution in [1.82, 2.24) is 24.9 Å². The molecular formula is C10H16N6S. The second-order valence-electron chi connectivity index (χ2n) is 3.85. The minimum absolute atomic E-state index is 0.621. The first-order valence-corrected chi connectivity index (χ1v) is 6.26. The quantitative estimate of drug-likeness (QED) is 0.855. The predicted molar refractivity (Wildman–Crippen MR) is 67.3 cm³/mol. The Hall–Kier alpha value is -1.47. The number of nitrogen functional groups attached to an aromatic ring is 1. The van der Waals surface area contributed by atoms with Crippen molar-refractivity contribution in [1.29, 1.82) is 0 Å². The van der Waals surface area contributed by atoms with Gasteiger partial charge in [-0.05, 0) is 6.54 Å². The molecule has 0 radical (unpaired) electrons. The molecule has 17 heavy (non-hydrogen) atoms. The Morgan fingerprint density at radius 3 is 2.82 bits per heavy atom. The standard InChI is InChI=1S/C10H16N6S/c1-3-16(6-8-5-15(2)14-13-8)7-9-4-12-10(11)17-9/h4-5H,3,6-7H2,1-2H3,(H2,11,12). The van der Waals surface area contributed by atoms with E-state index in [-0.39, 0.29) is 0 Å². The fourth-order valence-electron chi connectivity index (χ4n) is 1.59. The molecule has 2 heterocycles. The van der Waals surface area contributed by atoms with Crippen LogP contribution < -0.4 is 5.73 Å². The van der Waals surface area contributed by atoms with E-state index in [1.54, 1.807) is 4.68 Å². The number of hydrogen-bond acceptors (Lipinski definition) is 6. The lowest BCUT2D eigenvalue weighted by atomic mass is 10.4. The zero-order valence-electron chi connectivity index (χ0n) is 10.00. The maximum atomic E-state index is 5.61. The van der Waals surface area contributed by atoms with E-state index in [4.69, 9.17) is 5.73 Å². The van der Waals surface area contributed by atoms with E-state index in [0.717, 1.165) is 25.3 Å². The molecule has 2 aromatic heterocycles. The maximum Gasteiger partial charge on any atom is 0.180 e. The molecule has 2 N–H and O–H groups in total. The van der Waals surface area contributed by atoms with Crippen LogP contribution in [-0.4, -0.2) is 31.4 Å². The molecule has 7 heteroatoms. The Morgan fingerprint density at radius 2 is 2.29 bits per heavy atom. The van der Waals surface area contributed by atoms with Gasteiger partial charge in [-0.1, -0.05) is 12.1 Å². The summed E-state index contributed by atoms with van der Waals surface area (Å²) in [6, 6.07) is 0. The third-order valence-electron chi connectivity index (χ3n) is 2.43. The first-order chi connectivity index (χ1) is 8.17. The van der Waals surface area contributed by atoms with Gasteiger partial charge in [-0.15, -0.1) is 16.4 Å². The van der Waals surface area contributed by atoms with Crippen LogP contribution in [0.5, 0.6) is 0 Å². The van der Waals surface area contributed by atoms with Gasteiger partial charge in [0, 0.05) is 37.4 Å². The van der Waals surface area contributed by atoms with E-state index < -0.39 is 0 Å². The molecule has 2 rings (SSSR count). The molecule has 0 aliphatic rings. The second-order valence-corrected chi connectivity index (χ2v) is 5.00. The Kier molecular flexibility index (Phi) is 3.70. The van der Waals surface area contributed by atoms with Crippen LogP contribution in [0.4, 0.5) is 5.13 Å². The van der Waals surface area contributed by atoms with Gasteiger partial charge >= 0.3 is 0 Å². The first-order valence-electron chi connectivity index (χ1n) is 5.45. The highest BCUT2D eigenvalue weighted by atomic mass is 32.1. The zero-order valence-corrected chi connectivity index (χ0v) is 10.8. The number of aromatic nitrogens is 4. The molecule has 0 aromatic carbocycles. The van der Waals surface area contributed by atoms with Gasteiger partial charge in [0.05, 0.1) is 5.69 Å². The van der Waals surface area contributed by atoms with E-state index in [2.05, 4.69) is 27.1 Å². The van der Waals surface area contributed by atoms with Crippen LogP contribution in [0.1, 0.15) is 17.5 Å². The van der Waals surface area contributed by atoms with Crippen LogP contribution in [0.25, 0.3) is 0 Å². The van der Waals surface area contributed by atoms with Gasteiger partial charge < -0.3 is 5.73 Å². The Morgan fingerprint density at radius 1 is 1.47 bits per heavy atom. The fraction of sp³-hybridized carbons (Fsp3) is 0.500. The van der Waals surface area contributed by atoms with E-state index in [1.165, 1.54) is 16.2 Å². The summed E-state index contributed by atoms with van der Waals surface area (Å²) in [5.74, 6) is 0. The van der Waals surface area contributed by atoms with Crippen LogP contribution in [-0.2, 0) is 20.1 Å². The Balaban J connectivity index is 1.97. The summed E-state index contributed by atoms with van der Waals surface area (Å²) in [6.07, 6.45) is 3.77. The molecule has 2 aromatic rings. The Labute approximate surface area is 104 Å². The summed E-state index contributed by atoms with van der Waals surface area (Å²) < 4.78 is 1.72. The highest BCUT2D eigenvalue weighted by molar-refractivity contribution is 7.15. The maximum absolute atomic E-state index is 5.61. The van der Waals surface area contributed by atoms with Crippen molar-refractivity contribution in [3.05, 3.63) is 23.0 Å². The van der Waals surface area contributed by atoms with Crippen molar-refractivity contribution in [3.8, 4) is 0 Å². The smallest absolute Gasteiger partial charge is 0.180 e. The van der Waals surface area contributed by atoms with Crippen LogP contribution in [0.2, 0.25) is 0 Å². The SMILES string of the molecule is CCN(Cc1cn(C)nn1)Cc1cnc(N)s1. The van der Waals surface area contributed by atoms with Gasteiger partial charge in [-0.25, -0.2) is 4.98 Å². The van der Waals surface area contributed by atoms with E-state index >= 15 is 0 Å². The third-order valence-corrected chi connectivity index (χ3v) is 3.25. The molecule has 0 saturated heterocycles. The highest BCUT2D eigenvalue weighted by Gasteiger charge is 2.09. The molecular weight excluding hydrogens is 236 g/mol. The average molecular weight is 252 g/mol. The molecule has 0 bridgehead atoms. The second kappa shape index (κ2) is 5.24. The molecule has 0 fully saturated rings. The van der Waals surface area contributed by atoms with Crippen LogP contribution in [0.3, 0.4) is 0 Å². The van der Waals surface area contributed by atoms with Gasteiger partial charge in [0.1, 0.15) is 0 Å². The number of hydrogen-bond donors (Lipinski definition) is 1. The molecule has 0 saturated carbocycles. The lowest BCUT2D eigenvalue weighted by molar-refractivity contribution is 0.270.